The second-order valence-electron chi connectivity index (χ2n) is 11.0. The zero-order chi connectivity index (χ0) is 32.7. The molecule has 1 fully saturated rings. The van der Waals surface area contributed by atoms with Crippen molar-refractivity contribution in [3.63, 3.8) is 0 Å². The van der Waals surface area contributed by atoms with Crippen molar-refractivity contribution in [1.82, 2.24) is 33.8 Å². The lowest BCUT2D eigenvalue weighted by Gasteiger charge is -2.26. The molecule has 1 aliphatic heterocycles. The van der Waals surface area contributed by atoms with Gasteiger partial charge in [0, 0.05) is 48.2 Å². The summed E-state index contributed by atoms with van der Waals surface area (Å²) in [7, 11) is 0. The number of halogens is 4. The molecule has 47 heavy (non-hydrogen) atoms. The highest BCUT2D eigenvalue weighted by Crippen LogP contribution is 2.30. The molecular formula is C32H26ClF3N8O3. The highest BCUT2D eigenvalue weighted by molar-refractivity contribution is 6.34. The number of hydrogen-bond donors (Lipinski definition) is 1. The lowest BCUT2D eigenvalue weighted by Crippen LogP contribution is -2.42. The highest BCUT2D eigenvalue weighted by Gasteiger charge is 2.20. The summed E-state index contributed by atoms with van der Waals surface area (Å²) in [6.45, 7) is 4.05. The minimum Gasteiger partial charge on any atom is -0.379 e. The molecule has 0 unspecified atom stereocenters. The van der Waals surface area contributed by atoms with Crippen molar-refractivity contribution in [3.8, 4) is 5.69 Å². The summed E-state index contributed by atoms with van der Waals surface area (Å²) < 4.78 is 51.2. The van der Waals surface area contributed by atoms with Gasteiger partial charge in [-0.15, -0.1) is 0 Å². The van der Waals surface area contributed by atoms with Crippen LogP contribution in [0.15, 0.2) is 76.7 Å². The van der Waals surface area contributed by atoms with Crippen molar-refractivity contribution in [2.45, 2.75) is 13.1 Å². The topological polar surface area (TPSA) is 112 Å². The van der Waals surface area contributed by atoms with Crippen LogP contribution in [-0.2, 0) is 17.8 Å². The van der Waals surface area contributed by atoms with E-state index in [1.165, 1.54) is 6.20 Å². The summed E-state index contributed by atoms with van der Waals surface area (Å²) in [6, 6.07) is 11.9. The largest absolute Gasteiger partial charge is 0.379 e. The van der Waals surface area contributed by atoms with Gasteiger partial charge in [-0.3, -0.25) is 19.1 Å². The van der Waals surface area contributed by atoms with E-state index >= 15 is 0 Å². The number of nitrogens with zero attached hydrogens (tertiary/aromatic N) is 7. The van der Waals surface area contributed by atoms with Gasteiger partial charge in [0.2, 0.25) is 5.95 Å². The van der Waals surface area contributed by atoms with Gasteiger partial charge in [0.15, 0.2) is 17.5 Å². The third-order valence-electron chi connectivity index (χ3n) is 7.98. The third kappa shape index (κ3) is 6.10. The standard InChI is InChI=1S/C32H26ClF3N8O3/c33-23-14-26-21(18-42(40-26)6-5-41-7-9-47-10-8-41)13-27(23)38-30-39-31(45)44(28-16-37-15-20-3-1-2-4-22(20)28)32(46)43(30)17-19-11-24(34)29(36)25(35)12-19/h1-4,11-16,18H,5-10,17H2,(H,38,39,45). The Hall–Kier alpha value is -5.05. The molecule has 0 amide bonds. The molecule has 0 bridgehead atoms. The first-order valence-corrected chi connectivity index (χ1v) is 15.1. The van der Waals surface area contributed by atoms with Crippen LogP contribution in [0.1, 0.15) is 5.56 Å². The summed E-state index contributed by atoms with van der Waals surface area (Å²) in [5.41, 5.74) is -0.818. The zero-order valence-electron chi connectivity index (χ0n) is 24.7. The molecule has 0 spiro atoms. The van der Waals surface area contributed by atoms with E-state index in [-0.39, 0.29) is 22.2 Å². The summed E-state index contributed by atoms with van der Waals surface area (Å²) in [5.74, 6) is -4.76. The fourth-order valence-corrected chi connectivity index (χ4v) is 5.80. The molecule has 240 valence electrons. The normalized spacial score (nSPS) is 13.9. The van der Waals surface area contributed by atoms with E-state index in [9.17, 15) is 22.8 Å². The maximum atomic E-state index is 14.2. The van der Waals surface area contributed by atoms with Crippen LogP contribution in [0.25, 0.3) is 27.4 Å². The number of hydrogen-bond acceptors (Lipinski definition) is 8. The second-order valence-corrected chi connectivity index (χ2v) is 11.4. The number of rotatable bonds is 8. The van der Waals surface area contributed by atoms with E-state index in [1.807, 2.05) is 10.9 Å². The number of aromatic nitrogens is 6. The van der Waals surface area contributed by atoms with E-state index < -0.39 is 35.4 Å². The van der Waals surface area contributed by atoms with Crippen LogP contribution in [0.2, 0.25) is 5.02 Å². The van der Waals surface area contributed by atoms with E-state index in [0.29, 0.717) is 41.7 Å². The van der Waals surface area contributed by atoms with Crippen LogP contribution in [0.4, 0.5) is 24.8 Å². The first-order valence-electron chi connectivity index (χ1n) is 14.7. The predicted molar refractivity (Wildman–Crippen MR) is 170 cm³/mol. The number of pyridine rings is 1. The van der Waals surface area contributed by atoms with Crippen molar-refractivity contribution in [1.29, 1.82) is 0 Å². The van der Waals surface area contributed by atoms with Gasteiger partial charge >= 0.3 is 11.4 Å². The van der Waals surface area contributed by atoms with Gasteiger partial charge in [0.1, 0.15) is 0 Å². The maximum absolute atomic E-state index is 14.2. The predicted octanol–water partition coefficient (Wildman–Crippen LogP) is 4.49. The lowest BCUT2D eigenvalue weighted by molar-refractivity contribution is 0.0360. The Balaban J connectivity index is 1.30. The Morgan fingerprint density at radius 1 is 0.936 bits per heavy atom. The summed E-state index contributed by atoms with van der Waals surface area (Å²) in [6.07, 6.45) is 4.79. The lowest BCUT2D eigenvalue weighted by atomic mass is 10.1. The van der Waals surface area contributed by atoms with Gasteiger partial charge in [-0.25, -0.2) is 27.3 Å². The van der Waals surface area contributed by atoms with Crippen LogP contribution in [-0.4, -0.2) is 66.6 Å². The number of morpholine rings is 1. The van der Waals surface area contributed by atoms with Crippen molar-refractivity contribution in [3.05, 3.63) is 116 Å². The fourth-order valence-electron chi connectivity index (χ4n) is 5.60. The minimum absolute atomic E-state index is 0.0855. The van der Waals surface area contributed by atoms with Gasteiger partial charge in [0.05, 0.1) is 54.4 Å². The number of nitrogens with one attached hydrogen (secondary N) is 1. The summed E-state index contributed by atoms with van der Waals surface area (Å²) >= 11 is 6.62. The Morgan fingerprint density at radius 3 is 2.49 bits per heavy atom. The van der Waals surface area contributed by atoms with Gasteiger partial charge in [-0.2, -0.15) is 10.1 Å². The van der Waals surface area contributed by atoms with Gasteiger partial charge < -0.3 is 10.1 Å². The smallest absolute Gasteiger partial charge is 0.359 e. The quantitative estimate of drug-likeness (QED) is 0.238. The Labute approximate surface area is 269 Å². The molecule has 1 aliphatic rings. The van der Waals surface area contributed by atoms with E-state index in [0.717, 1.165) is 46.3 Å². The van der Waals surface area contributed by atoms with Crippen molar-refractivity contribution >= 4 is 44.9 Å². The van der Waals surface area contributed by atoms with Crippen LogP contribution >= 0.6 is 11.6 Å². The molecule has 1 N–H and O–H groups in total. The SMILES string of the molecule is O=c1nc(Nc2cc3cn(CCN4CCOCC4)nc3cc2Cl)n(Cc2cc(F)c(F)c(F)c2)c(=O)n1-c1cncc2ccccc12. The molecule has 3 aromatic carbocycles. The molecule has 1 saturated heterocycles. The monoisotopic (exact) mass is 662 g/mol. The Kier molecular flexibility index (Phi) is 8.22. The van der Waals surface area contributed by atoms with E-state index in [4.69, 9.17) is 16.3 Å². The van der Waals surface area contributed by atoms with Crippen LogP contribution in [0, 0.1) is 17.5 Å². The molecule has 6 aromatic rings. The van der Waals surface area contributed by atoms with E-state index in [1.54, 1.807) is 42.6 Å². The van der Waals surface area contributed by atoms with Gasteiger partial charge in [-0.1, -0.05) is 35.9 Å². The summed E-state index contributed by atoms with van der Waals surface area (Å²) in [5, 5.41) is 9.73. The summed E-state index contributed by atoms with van der Waals surface area (Å²) in [4.78, 5) is 38.2. The Morgan fingerprint density at radius 2 is 1.70 bits per heavy atom. The number of fused-ring (bicyclic) bond motifs is 2. The molecule has 7 rings (SSSR count). The van der Waals surface area contributed by atoms with Crippen LogP contribution < -0.4 is 16.7 Å². The second kappa shape index (κ2) is 12.6. The van der Waals surface area contributed by atoms with Crippen molar-refractivity contribution in [2.24, 2.45) is 0 Å². The number of ether oxygens (including phenoxy) is 1. The number of benzene rings is 3. The number of anilines is 2. The molecule has 0 radical (unpaired) electrons. The average Bonchev–Trinajstić information content (AvgIpc) is 3.46. The molecule has 15 heteroatoms. The molecule has 0 atom stereocenters. The van der Waals surface area contributed by atoms with Crippen LogP contribution in [0.3, 0.4) is 0 Å². The van der Waals surface area contributed by atoms with Crippen molar-refractivity contribution in [2.75, 3.05) is 38.2 Å². The van der Waals surface area contributed by atoms with Crippen molar-refractivity contribution < 1.29 is 17.9 Å². The molecule has 3 aromatic heterocycles. The highest BCUT2D eigenvalue weighted by atomic mass is 35.5. The molecule has 4 heterocycles. The van der Waals surface area contributed by atoms with Gasteiger partial charge in [-0.05, 0) is 29.8 Å². The minimum atomic E-state index is -1.64. The third-order valence-corrected chi connectivity index (χ3v) is 8.29. The zero-order valence-corrected chi connectivity index (χ0v) is 25.4. The Bertz CT molecular complexity index is 2240. The average molecular weight is 663 g/mol. The van der Waals surface area contributed by atoms with Gasteiger partial charge in [0.25, 0.3) is 0 Å². The first kappa shape index (κ1) is 30.6. The molecule has 11 nitrogen and oxygen atoms in total. The molecule has 0 saturated carbocycles. The van der Waals surface area contributed by atoms with Crippen LogP contribution in [0.5, 0.6) is 0 Å². The first-order chi connectivity index (χ1) is 22.7. The van der Waals surface area contributed by atoms with E-state index in [2.05, 4.69) is 25.3 Å². The maximum Gasteiger partial charge on any atom is 0.359 e. The fraction of sp³-hybridized carbons (Fsp3) is 0.219. The molecular weight excluding hydrogens is 637 g/mol. The molecule has 0 aliphatic carbocycles.